The van der Waals surface area contributed by atoms with Crippen molar-refractivity contribution in [2.45, 2.75) is 6.42 Å². The van der Waals surface area contributed by atoms with Gasteiger partial charge < -0.3 is 0 Å². The summed E-state index contributed by atoms with van der Waals surface area (Å²) in [5, 5.41) is 13.0. The first-order valence-electron chi connectivity index (χ1n) is 4.27. The van der Waals surface area contributed by atoms with Crippen LogP contribution in [0.2, 0.25) is 0 Å². The van der Waals surface area contributed by atoms with Crippen molar-refractivity contribution in [2.24, 2.45) is 0 Å². The second-order valence-electron chi connectivity index (χ2n) is 2.94. The largest absolute Gasteiger partial charge is 0.281 e. The van der Waals surface area contributed by atoms with Crippen molar-refractivity contribution < 1.29 is 4.79 Å². The summed E-state index contributed by atoms with van der Waals surface area (Å²) < 4.78 is 0. The van der Waals surface area contributed by atoms with Gasteiger partial charge in [-0.2, -0.15) is 0 Å². The number of aromatic amines is 1. The third kappa shape index (κ3) is 2.19. The first kappa shape index (κ1) is 9.79. The third-order valence-corrected chi connectivity index (χ3v) is 2.08. The molecule has 0 unspecified atom stereocenters. The van der Waals surface area contributed by atoms with Gasteiger partial charge in [-0.25, -0.2) is 5.10 Å². The van der Waals surface area contributed by atoms with Crippen LogP contribution in [-0.2, 0) is 11.2 Å². The van der Waals surface area contributed by atoms with Crippen LogP contribution in [0.25, 0.3) is 11.4 Å². The molecule has 76 valence electrons. The lowest BCUT2D eigenvalue weighted by atomic mass is 10.0. The molecule has 0 saturated carbocycles. The summed E-state index contributed by atoms with van der Waals surface area (Å²) in [5.74, 6) is 0.531. The predicted molar refractivity (Wildman–Crippen MR) is 54.2 cm³/mol. The van der Waals surface area contributed by atoms with Gasteiger partial charge in [-0.05, 0) is 27.6 Å². The first-order chi connectivity index (χ1) is 7.27. The fourth-order valence-electron chi connectivity index (χ4n) is 1.33. The Balaban J connectivity index is 2.42. The number of hydrogen-bond donors (Lipinski definition) is 1. The number of hydrogen-bond acceptors (Lipinski definition) is 4. The summed E-state index contributed by atoms with van der Waals surface area (Å²) in [7, 11) is 0. The van der Waals surface area contributed by atoms with Crippen LogP contribution in [0.3, 0.4) is 0 Å². The van der Waals surface area contributed by atoms with E-state index in [0.717, 1.165) is 11.1 Å². The van der Waals surface area contributed by atoms with Crippen molar-refractivity contribution in [3.05, 3.63) is 29.8 Å². The van der Waals surface area contributed by atoms with E-state index in [-0.39, 0.29) is 6.42 Å². The van der Waals surface area contributed by atoms with Crippen LogP contribution in [0.1, 0.15) is 5.56 Å². The van der Waals surface area contributed by atoms with Gasteiger partial charge in [0, 0.05) is 12.0 Å². The molecule has 1 N–H and O–H groups in total. The highest BCUT2D eigenvalue weighted by molar-refractivity contribution is 6.63. The normalized spacial score (nSPS) is 10.2. The van der Waals surface area contributed by atoms with Gasteiger partial charge in [0.2, 0.25) is 5.24 Å². The molecule has 0 fully saturated rings. The molecule has 2 rings (SSSR count). The van der Waals surface area contributed by atoms with E-state index in [1.165, 1.54) is 0 Å². The Bertz CT molecular complexity index is 469. The predicted octanol–water partition coefficient (Wildman–Crippen LogP) is 1.17. The molecule has 0 atom stereocenters. The zero-order chi connectivity index (χ0) is 10.7. The summed E-state index contributed by atoms with van der Waals surface area (Å²) in [6, 6.07) is 7.33. The van der Waals surface area contributed by atoms with Gasteiger partial charge in [0.1, 0.15) is 0 Å². The van der Waals surface area contributed by atoms with Crippen molar-refractivity contribution in [2.75, 3.05) is 0 Å². The molecule has 1 heterocycles. The smallest absolute Gasteiger partial charge is 0.226 e. The number of tetrazole rings is 1. The maximum Gasteiger partial charge on any atom is 0.226 e. The fraction of sp³-hybridized carbons (Fsp3) is 0.111. The van der Waals surface area contributed by atoms with E-state index in [4.69, 9.17) is 11.6 Å². The van der Waals surface area contributed by atoms with E-state index >= 15 is 0 Å². The third-order valence-electron chi connectivity index (χ3n) is 1.95. The molecule has 0 saturated heterocycles. The number of benzene rings is 1. The number of aromatic nitrogens is 4. The number of H-pyrrole nitrogens is 1. The maximum absolute atomic E-state index is 10.8. The zero-order valence-corrected chi connectivity index (χ0v) is 8.40. The van der Waals surface area contributed by atoms with Crippen molar-refractivity contribution in [1.29, 1.82) is 0 Å². The standard InChI is InChI=1S/C9H7ClN4O/c10-8(15)5-6-3-1-2-4-7(6)9-11-13-14-12-9/h1-4H,5H2,(H,11,12,13,14). The van der Waals surface area contributed by atoms with Crippen LogP contribution in [0.4, 0.5) is 0 Å². The minimum Gasteiger partial charge on any atom is -0.281 e. The SMILES string of the molecule is O=C(Cl)Cc1ccccc1-c1nnn[nH]1. The minimum absolute atomic E-state index is 0.165. The van der Waals surface area contributed by atoms with E-state index < -0.39 is 5.24 Å². The van der Waals surface area contributed by atoms with Crippen LogP contribution >= 0.6 is 11.6 Å². The van der Waals surface area contributed by atoms with E-state index in [0.29, 0.717) is 5.82 Å². The van der Waals surface area contributed by atoms with Gasteiger partial charge in [0.25, 0.3) is 0 Å². The molecule has 5 nitrogen and oxygen atoms in total. The Morgan fingerprint density at radius 2 is 2.20 bits per heavy atom. The molecule has 6 heteroatoms. The van der Waals surface area contributed by atoms with Gasteiger partial charge in [-0.3, -0.25) is 4.79 Å². The van der Waals surface area contributed by atoms with Crippen LogP contribution in [-0.4, -0.2) is 25.9 Å². The molecule has 0 radical (unpaired) electrons. The Labute approximate surface area is 90.5 Å². The van der Waals surface area contributed by atoms with Crippen molar-refractivity contribution in [1.82, 2.24) is 20.6 Å². The van der Waals surface area contributed by atoms with Crippen LogP contribution in [0.15, 0.2) is 24.3 Å². The lowest BCUT2D eigenvalue weighted by molar-refractivity contribution is -0.111. The first-order valence-corrected chi connectivity index (χ1v) is 4.65. The van der Waals surface area contributed by atoms with Gasteiger partial charge in [0.15, 0.2) is 5.82 Å². The summed E-state index contributed by atoms with van der Waals surface area (Å²) in [6.45, 7) is 0. The van der Waals surface area contributed by atoms with E-state index in [1.807, 2.05) is 24.3 Å². The molecule has 15 heavy (non-hydrogen) atoms. The number of carbonyl (C=O) groups is 1. The quantitative estimate of drug-likeness (QED) is 0.792. The number of halogens is 1. The summed E-state index contributed by atoms with van der Waals surface area (Å²) in [5.41, 5.74) is 1.59. The highest BCUT2D eigenvalue weighted by Gasteiger charge is 2.09. The van der Waals surface area contributed by atoms with Crippen molar-refractivity contribution in [3.63, 3.8) is 0 Å². The van der Waals surface area contributed by atoms with Gasteiger partial charge in [0.05, 0.1) is 0 Å². The average Bonchev–Trinajstić information content (AvgIpc) is 2.70. The molecule has 0 spiro atoms. The van der Waals surface area contributed by atoms with Crippen molar-refractivity contribution >= 4 is 16.8 Å². The molecular formula is C9H7ClN4O. The molecule has 2 aromatic rings. The Hall–Kier alpha value is -1.75. The highest BCUT2D eigenvalue weighted by atomic mass is 35.5. The molecule has 0 aliphatic carbocycles. The van der Waals surface area contributed by atoms with E-state index in [2.05, 4.69) is 20.6 Å². The lowest BCUT2D eigenvalue weighted by Crippen LogP contribution is -1.97. The van der Waals surface area contributed by atoms with Crippen LogP contribution in [0, 0.1) is 0 Å². The van der Waals surface area contributed by atoms with Crippen LogP contribution < -0.4 is 0 Å². The summed E-state index contributed by atoms with van der Waals surface area (Å²) in [6.07, 6.45) is 0.165. The molecule has 0 aliphatic heterocycles. The topological polar surface area (TPSA) is 71.5 Å². The lowest BCUT2D eigenvalue weighted by Gasteiger charge is -2.02. The summed E-state index contributed by atoms with van der Waals surface area (Å²) >= 11 is 5.34. The Kier molecular flexibility index (Phi) is 2.73. The van der Waals surface area contributed by atoms with Gasteiger partial charge >= 0.3 is 0 Å². The number of nitrogens with one attached hydrogen (secondary N) is 1. The fourth-order valence-corrected chi connectivity index (χ4v) is 1.47. The second-order valence-corrected chi connectivity index (χ2v) is 3.36. The summed E-state index contributed by atoms with van der Waals surface area (Å²) in [4.78, 5) is 10.8. The molecule has 0 bridgehead atoms. The van der Waals surface area contributed by atoms with E-state index in [9.17, 15) is 4.79 Å². The van der Waals surface area contributed by atoms with Gasteiger partial charge in [-0.1, -0.05) is 24.3 Å². The average molecular weight is 223 g/mol. The molecule has 0 amide bonds. The van der Waals surface area contributed by atoms with Gasteiger partial charge in [-0.15, -0.1) is 5.10 Å². The minimum atomic E-state index is -0.407. The number of carbonyl (C=O) groups excluding carboxylic acids is 1. The highest BCUT2D eigenvalue weighted by Crippen LogP contribution is 2.19. The molecule has 1 aromatic carbocycles. The van der Waals surface area contributed by atoms with Crippen LogP contribution in [0.5, 0.6) is 0 Å². The Morgan fingerprint density at radius 3 is 2.87 bits per heavy atom. The number of nitrogens with zero attached hydrogens (tertiary/aromatic N) is 3. The Morgan fingerprint density at radius 1 is 1.40 bits per heavy atom. The molecule has 1 aromatic heterocycles. The molecule has 0 aliphatic rings. The molecular weight excluding hydrogens is 216 g/mol. The van der Waals surface area contributed by atoms with E-state index in [1.54, 1.807) is 0 Å². The monoisotopic (exact) mass is 222 g/mol. The van der Waals surface area contributed by atoms with Crippen molar-refractivity contribution in [3.8, 4) is 11.4 Å². The number of rotatable bonds is 3. The maximum atomic E-state index is 10.8. The second kappa shape index (κ2) is 4.18. The zero-order valence-electron chi connectivity index (χ0n) is 7.64.